The van der Waals surface area contributed by atoms with E-state index < -0.39 is 0 Å². The number of fused-ring (bicyclic) bond motifs is 3. The molecule has 0 amide bonds. The topological polar surface area (TPSA) is 25.8 Å². The fraction of sp³-hybridized carbons (Fsp3) is 0.0244. The van der Waals surface area contributed by atoms with E-state index in [0.717, 1.165) is 28.2 Å². The van der Waals surface area contributed by atoms with Crippen molar-refractivity contribution in [1.82, 2.24) is 9.97 Å². The van der Waals surface area contributed by atoms with E-state index in [0.29, 0.717) is 0 Å². The van der Waals surface area contributed by atoms with Gasteiger partial charge in [-0.3, -0.25) is 0 Å². The predicted octanol–water partition coefficient (Wildman–Crippen LogP) is 11.1. The summed E-state index contributed by atoms with van der Waals surface area (Å²) in [4.78, 5) is 8.87. The van der Waals surface area contributed by atoms with Gasteiger partial charge in [0.25, 0.3) is 0 Å². The molecular formula is C41H28IrN2S-2. The van der Waals surface area contributed by atoms with Crippen LogP contribution in [-0.2, 0) is 20.1 Å². The maximum atomic E-state index is 4.45. The molecule has 0 aliphatic carbocycles. The normalized spacial score (nSPS) is 10.6. The molecule has 45 heavy (non-hydrogen) atoms. The monoisotopic (exact) mass is 773 g/mol. The molecule has 2 nitrogen and oxygen atoms in total. The first-order chi connectivity index (χ1) is 21.7. The minimum atomic E-state index is 0. The molecule has 4 heteroatoms. The summed E-state index contributed by atoms with van der Waals surface area (Å²) >= 11 is 1.87. The molecular weight excluding hydrogens is 745 g/mol. The van der Waals surface area contributed by atoms with Gasteiger partial charge in [0.1, 0.15) is 0 Å². The van der Waals surface area contributed by atoms with Gasteiger partial charge in [-0.1, -0.05) is 84.9 Å². The van der Waals surface area contributed by atoms with Crippen LogP contribution in [-0.4, -0.2) is 9.97 Å². The van der Waals surface area contributed by atoms with E-state index in [2.05, 4.69) is 101 Å². The first-order valence-electron chi connectivity index (χ1n) is 14.6. The average molecular weight is 773 g/mol. The Morgan fingerprint density at radius 1 is 0.556 bits per heavy atom. The molecule has 0 saturated heterocycles. The summed E-state index contributed by atoms with van der Waals surface area (Å²) in [6.07, 6.45) is 1.82. The molecule has 8 aromatic rings. The smallest absolute Gasteiger partial charge is 0.0433 e. The van der Waals surface area contributed by atoms with Crippen molar-refractivity contribution in [3.05, 3.63) is 170 Å². The van der Waals surface area contributed by atoms with Crippen LogP contribution in [0.4, 0.5) is 0 Å². The molecule has 0 atom stereocenters. The zero-order chi connectivity index (χ0) is 29.7. The van der Waals surface area contributed by atoms with Gasteiger partial charge in [0, 0.05) is 52.2 Å². The van der Waals surface area contributed by atoms with Crippen LogP contribution >= 0.6 is 11.3 Å². The second-order valence-electron chi connectivity index (χ2n) is 10.5. The van der Waals surface area contributed by atoms with E-state index in [1.165, 1.54) is 42.4 Å². The van der Waals surface area contributed by atoms with E-state index in [1.807, 2.05) is 91.2 Å². The third-order valence-corrected chi connectivity index (χ3v) is 8.77. The van der Waals surface area contributed by atoms with Gasteiger partial charge in [-0.25, -0.2) is 0 Å². The van der Waals surface area contributed by atoms with Crippen LogP contribution in [0.15, 0.2) is 152 Å². The summed E-state index contributed by atoms with van der Waals surface area (Å²) in [5, 5.41) is 2.67. The van der Waals surface area contributed by atoms with E-state index in [4.69, 9.17) is 0 Å². The molecule has 0 saturated carbocycles. The third-order valence-electron chi connectivity index (χ3n) is 7.55. The molecule has 0 bridgehead atoms. The van der Waals surface area contributed by atoms with Gasteiger partial charge in [-0.05, 0) is 53.2 Å². The van der Waals surface area contributed by atoms with E-state index in [9.17, 15) is 0 Å². The summed E-state index contributed by atoms with van der Waals surface area (Å²) in [6, 6.07) is 56.7. The first-order valence-corrected chi connectivity index (χ1v) is 15.4. The molecule has 219 valence electrons. The van der Waals surface area contributed by atoms with Crippen molar-refractivity contribution in [2.24, 2.45) is 0 Å². The van der Waals surface area contributed by atoms with E-state index in [-0.39, 0.29) is 20.1 Å². The Balaban J connectivity index is 0.000000215. The van der Waals surface area contributed by atoms with Gasteiger partial charge in [0.05, 0.1) is 0 Å². The minimum Gasteiger partial charge on any atom is -0.305 e. The molecule has 3 aromatic heterocycles. The van der Waals surface area contributed by atoms with Gasteiger partial charge in [0.2, 0.25) is 0 Å². The number of thiophene rings is 1. The maximum Gasteiger partial charge on any atom is 0.0433 e. The van der Waals surface area contributed by atoms with Crippen molar-refractivity contribution < 1.29 is 20.1 Å². The SMILES string of the molecule is Cc1cccc(-c2[c-]cccc2)n1.[Ir].[c-]1ccc(-c2ccc(-c3cccc4c3sc3ccccc34)cc2)cc1-c1ccccn1. The van der Waals surface area contributed by atoms with Crippen LogP contribution in [0.2, 0.25) is 0 Å². The Labute approximate surface area is 281 Å². The molecule has 5 aromatic carbocycles. The molecule has 0 fully saturated rings. The average Bonchev–Trinajstić information content (AvgIpc) is 3.49. The van der Waals surface area contributed by atoms with Crippen LogP contribution in [0, 0.1) is 19.1 Å². The first kappa shape index (κ1) is 30.3. The summed E-state index contributed by atoms with van der Waals surface area (Å²) in [5.41, 5.74) is 9.93. The Bertz CT molecular complexity index is 2170. The summed E-state index contributed by atoms with van der Waals surface area (Å²) in [7, 11) is 0. The van der Waals surface area contributed by atoms with Crippen molar-refractivity contribution in [2.75, 3.05) is 0 Å². The molecule has 0 unspecified atom stereocenters. The summed E-state index contributed by atoms with van der Waals surface area (Å²) < 4.78 is 2.69. The van der Waals surface area contributed by atoms with Crippen LogP contribution in [0.3, 0.4) is 0 Å². The van der Waals surface area contributed by atoms with E-state index in [1.54, 1.807) is 0 Å². The number of rotatable bonds is 4. The molecule has 0 aliphatic rings. The Hall–Kier alpha value is -4.73. The Kier molecular flexibility index (Phi) is 9.38. The third kappa shape index (κ3) is 6.69. The fourth-order valence-electron chi connectivity index (χ4n) is 5.38. The number of pyridine rings is 2. The number of nitrogens with zero attached hydrogens (tertiary/aromatic N) is 2. The zero-order valence-corrected chi connectivity index (χ0v) is 27.8. The van der Waals surface area contributed by atoms with Gasteiger partial charge in [-0.2, -0.15) is 0 Å². The van der Waals surface area contributed by atoms with Crippen LogP contribution < -0.4 is 0 Å². The van der Waals surface area contributed by atoms with Gasteiger partial charge >= 0.3 is 0 Å². The zero-order valence-electron chi connectivity index (χ0n) is 24.6. The van der Waals surface area contributed by atoms with Crippen LogP contribution in [0.1, 0.15) is 5.69 Å². The minimum absolute atomic E-state index is 0. The summed E-state index contributed by atoms with van der Waals surface area (Å²) in [5.74, 6) is 0. The standard InChI is InChI=1S/C29H18NS.C12H10N.Ir/c1-2-13-28-25(9-1)26-11-6-10-24(29(26)31-28)21-16-14-20(15-17-21)22-7-5-8-23(19-22)27-12-3-4-18-30-27;1-10-6-5-9-12(13-10)11-7-3-2-4-8-11;/h1-7,9-19H;2-7,9H,1H3;/q2*-1;. The van der Waals surface area contributed by atoms with Crippen molar-refractivity contribution in [2.45, 2.75) is 6.92 Å². The second kappa shape index (κ2) is 13.9. The van der Waals surface area contributed by atoms with E-state index >= 15 is 0 Å². The number of aryl methyl sites for hydroxylation is 1. The molecule has 0 N–H and O–H groups in total. The quantitative estimate of drug-likeness (QED) is 0.167. The molecule has 8 rings (SSSR count). The van der Waals surface area contributed by atoms with Crippen LogP contribution in [0.25, 0.3) is 64.9 Å². The molecule has 1 radical (unpaired) electrons. The maximum absolute atomic E-state index is 4.45. The van der Waals surface area contributed by atoms with Crippen molar-refractivity contribution >= 4 is 31.5 Å². The Morgan fingerprint density at radius 3 is 2.09 bits per heavy atom. The number of aromatic nitrogens is 2. The van der Waals surface area contributed by atoms with Crippen molar-refractivity contribution in [3.63, 3.8) is 0 Å². The predicted molar refractivity (Wildman–Crippen MR) is 186 cm³/mol. The second-order valence-corrected chi connectivity index (χ2v) is 11.6. The molecule has 0 aliphatic heterocycles. The Morgan fingerprint density at radius 2 is 1.29 bits per heavy atom. The van der Waals surface area contributed by atoms with Crippen molar-refractivity contribution in [1.29, 1.82) is 0 Å². The van der Waals surface area contributed by atoms with Crippen molar-refractivity contribution in [3.8, 4) is 44.8 Å². The van der Waals surface area contributed by atoms with Gasteiger partial charge in [-0.15, -0.1) is 82.6 Å². The number of hydrogen-bond donors (Lipinski definition) is 0. The molecule has 0 spiro atoms. The molecule has 3 heterocycles. The summed E-state index contributed by atoms with van der Waals surface area (Å²) in [6.45, 7) is 1.99. The number of hydrogen-bond acceptors (Lipinski definition) is 3. The largest absolute Gasteiger partial charge is 0.305 e. The number of benzene rings is 5. The fourth-order valence-corrected chi connectivity index (χ4v) is 6.62. The van der Waals surface area contributed by atoms with Crippen LogP contribution in [0.5, 0.6) is 0 Å². The van der Waals surface area contributed by atoms with Gasteiger partial charge < -0.3 is 9.97 Å². The van der Waals surface area contributed by atoms with Gasteiger partial charge in [0.15, 0.2) is 0 Å².